The average Bonchev–Trinajstić information content (AvgIpc) is 2.83. The van der Waals surface area contributed by atoms with Gasteiger partial charge in [-0.1, -0.05) is 42.5 Å². The van der Waals surface area contributed by atoms with Gasteiger partial charge in [-0.2, -0.15) is 26.3 Å². The van der Waals surface area contributed by atoms with Crippen LogP contribution < -0.4 is 0 Å². The van der Waals surface area contributed by atoms with Crippen LogP contribution in [0.2, 0.25) is 0 Å². The van der Waals surface area contributed by atoms with Gasteiger partial charge in [0, 0.05) is 24.1 Å². The molecule has 0 aliphatic rings. The number of carbonyl (C=O) groups is 1. The Bertz CT molecular complexity index is 1150. The normalized spacial score (nSPS) is 13.1. The van der Waals surface area contributed by atoms with Crippen molar-refractivity contribution >= 4 is 12.0 Å². The molecule has 1 unspecified atom stereocenters. The van der Waals surface area contributed by atoms with E-state index in [0.717, 1.165) is 12.1 Å². The minimum atomic E-state index is -4.45. The average molecular weight is 493 g/mol. The number of rotatable bonds is 7. The molecule has 35 heavy (non-hydrogen) atoms. The van der Waals surface area contributed by atoms with Gasteiger partial charge in [-0.15, -0.1) is 0 Å². The second-order valence-corrected chi connectivity index (χ2v) is 7.78. The number of halogens is 6. The zero-order valence-electron chi connectivity index (χ0n) is 18.5. The first-order valence-corrected chi connectivity index (χ1v) is 10.5. The maximum absolute atomic E-state index is 12.9. The molecule has 0 radical (unpaired) electrons. The lowest BCUT2D eigenvalue weighted by Gasteiger charge is -2.15. The van der Waals surface area contributed by atoms with E-state index in [1.165, 1.54) is 25.4 Å². The number of alkyl halides is 6. The maximum atomic E-state index is 12.9. The number of methoxy groups -OCH3 is 1. The Morgan fingerprint density at radius 2 is 1.60 bits per heavy atom. The zero-order valence-corrected chi connectivity index (χ0v) is 18.5. The van der Waals surface area contributed by atoms with Crippen molar-refractivity contribution in [1.29, 1.82) is 0 Å². The van der Waals surface area contributed by atoms with Gasteiger partial charge in [-0.3, -0.25) is 4.98 Å². The predicted molar refractivity (Wildman–Crippen MR) is 120 cm³/mol. The summed E-state index contributed by atoms with van der Waals surface area (Å²) >= 11 is 0. The summed E-state index contributed by atoms with van der Waals surface area (Å²) in [5.74, 6) is -1.10. The molecule has 0 bridgehead atoms. The molecule has 1 atom stereocenters. The Morgan fingerprint density at radius 1 is 0.943 bits per heavy atom. The fraction of sp³-hybridized carbons (Fsp3) is 0.231. The number of pyridine rings is 1. The molecule has 3 nitrogen and oxygen atoms in total. The second-order valence-electron chi connectivity index (χ2n) is 7.78. The van der Waals surface area contributed by atoms with Crippen molar-refractivity contribution in [2.24, 2.45) is 0 Å². The van der Waals surface area contributed by atoms with Gasteiger partial charge in [-0.25, -0.2) is 4.79 Å². The van der Waals surface area contributed by atoms with E-state index >= 15 is 0 Å². The molecule has 1 heterocycles. The van der Waals surface area contributed by atoms with Crippen molar-refractivity contribution in [3.63, 3.8) is 0 Å². The topological polar surface area (TPSA) is 39.2 Å². The number of ether oxygens (including phenoxy) is 1. The highest BCUT2D eigenvalue weighted by Gasteiger charge is 2.30. The van der Waals surface area contributed by atoms with E-state index in [1.54, 1.807) is 48.6 Å². The van der Waals surface area contributed by atoms with Crippen LogP contribution in [0.4, 0.5) is 26.3 Å². The number of aromatic nitrogens is 1. The standard InChI is InChI=1S/C26H21F6NO2/c1-35-24(34)20-6-3-17(4-7-20)2-5-18(14-15-25(27,28)29)21-10-13-23(33-16-21)19-8-11-22(12-9-19)26(30,31)32/h2-13,16,18H,14-15H2,1H3/b5-2+. The van der Waals surface area contributed by atoms with Gasteiger partial charge >= 0.3 is 18.3 Å². The lowest BCUT2D eigenvalue weighted by Crippen LogP contribution is -2.09. The van der Waals surface area contributed by atoms with Crippen molar-refractivity contribution in [1.82, 2.24) is 4.98 Å². The van der Waals surface area contributed by atoms with Crippen LogP contribution in [0.3, 0.4) is 0 Å². The number of esters is 1. The Kier molecular flexibility index (Phi) is 7.99. The highest BCUT2D eigenvalue weighted by molar-refractivity contribution is 5.89. The van der Waals surface area contributed by atoms with Crippen molar-refractivity contribution in [3.05, 3.63) is 95.2 Å². The van der Waals surface area contributed by atoms with E-state index in [1.807, 2.05) is 0 Å². The number of benzene rings is 2. The molecule has 0 saturated heterocycles. The van der Waals surface area contributed by atoms with Gasteiger partial charge in [0.25, 0.3) is 0 Å². The number of hydrogen-bond donors (Lipinski definition) is 0. The Morgan fingerprint density at radius 3 is 2.11 bits per heavy atom. The summed E-state index contributed by atoms with van der Waals surface area (Å²) in [7, 11) is 1.26. The van der Waals surface area contributed by atoms with Crippen LogP contribution in [-0.2, 0) is 10.9 Å². The van der Waals surface area contributed by atoms with Crippen LogP contribution >= 0.6 is 0 Å². The first-order valence-electron chi connectivity index (χ1n) is 10.5. The number of carbonyl (C=O) groups excluding carboxylic acids is 1. The van der Waals surface area contributed by atoms with Gasteiger partial charge in [-0.05, 0) is 47.9 Å². The minimum absolute atomic E-state index is 0.207. The van der Waals surface area contributed by atoms with Crippen LogP contribution in [0.25, 0.3) is 17.3 Å². The second kappa shape index (κ2) is 10.8. The Balaban J connectivity index is 1.81. The third kappa shape index (κ3) is 7.43. The molecule has 0 aliphatic carbocycles. The molecule has 9 heteroatoms. The molecule has 0 fully saturated rings. The van der Waals surface area contributed by atoms with Crippen LogP contribution in [0.5, 0.6) is 0 Å². The number of nitrogens with zero attached hydrogens (tertiary/aromatic N) is 1. The zero-order chi connectivity index (χ0) is 25.6. The molecule has 0 spiro atoms. The smallest absolute Gasteiger partial charge is 0.416 e. The van der Waals surface area contributed by atoms with Crippen molar-refractivity contribution in [3.8, 4) is 11.3 Å². The number of hydrogen-bond acceptors (Lipinski definition) is 3. The minimum Gasteiger partial charge on any atom is -0.465 e. The maximum Gasteiger partial charge on any atom is 0.416 e. The van der Waals surface area contributed by atoms with Crippen LogP contribution in [-0.4, -0.2) is 24.2 Å². The van der Waals surface area contributed by atoms with Gasteiger partial charge in [0.2, 0.25) is 0 Å². The van der Waals surface area contributed by atoms with Gasteiger partial charge in [0.05, 0.1) is 23.9 Å². The van der Waals surface area contributed by atoms with Crippen molar-refractivity contribution in [2.75, 3.05) is 7.11 Å². The molecule has 2 aromatic carbocycles. The lowest BCUT2D eigenvalue weighted by molar-refractivity contribution is -0.137. The molecule has 3 rings (SSSR count). The number of allylic oxidation sites excluding steroid dienone is 1. The Labute approximate surface area is 198 Å². The summed E-state index contributed by atoms with van der Waals surface area (Å²) in [6.45, 7) is 0. The fourth-order valence-electron chi connectivity index (χ4n) is 3.39. The van der Waals surface area contributed by atoms with E-state index in [0.29, 0.717) is 27.9 Å². The Hall–Kier alpha value is -3.62. The highest BCUT2D eigenvalue weighted by atomic mass is 19.4. The summed E-state index contributed by atoms with van der Waals surface area (Å²) < 4.78 is 81.6. The first kappa shape index (κ1) is 26.0. The van der Waals surface area contributed by atoms with Crippen molar-refractivity contribution in [2.45, 2.75) is 31.1 Å². The molecule has 0 aliphatic heterocycles. The molecule has 0 N–H and O–H groups in total. The molecule has 3 aromatic rings. The van der Waals surface area contributed by atoms with Gasteiger partial charge in [0.15, 0.2) is 0 Å². The largest absolute Gasteiger partial charge is 0.465 e. The molecule has 0 amide bonds. The van der Waals surface area contributed by atoms with Gasteiger partial charge in [0.1, 0.15) is 0 Å². The summed E-state index contributed by atoms with van der Waals surface area (Å²) in [4.78, 5) is 15.8. The predicted octanol–water partition coefficient (Wildman–Crippen LogP) is 7.69. The molecular formula is C26H21F6NO2. The SMILES string of the molecule is COC(=O)c1ccc(/C=C/C(CCC(F)(F)F)c2ccc(-c3ccc(C(F)(F)F)cc3)nc2)cc1. The van der Waals surface area contributed by atoms with Crippen LogP contribution in [0, 0.1) is 0 Å². The first-order chi connectivity index (χ1) is 16.5. The summed E-state index contributed by atoms with van der Waals surface area (Å²) in [5.41, 5.74) is 1.64. The summed E-state index contributed by atoms with van der Waals surface area (Å²) in [6.07, 6.45) is -5.26. The summed E-state index contributed by atoms with van der Waals surface area (Å²) in [5, 5.41) is 0. The third-order valence-corrected chi connectivity index (χ3v) is 5.31. The van der Waals surface area contributed by atoms with Crippen molar-refractivity contribution < 1.29 is 35.9 Å². The molecule has 184 valence electrons. The van der Waals surface area contributed by atoms with Crippen LogP contribution in [0.1, 0.15) is 45.8 Å². The van der Waals surface area contributed by atoms with E-state index in [-0.39, 0.29) is 6.42 Å². The van der Waals surface area contributed by atoms with E-state index in [2.05, 4.69) is 9.72 Å². The van der Waals surface area contributed by atoms with Crippen LogP contribution in [0.15, 0.2) is 72.9 Å². The van der Waals surface area contributed by atoms with E-state index in [9.17, 15) is 31.1 Å². The monoisotopic (exact) mass is 493 g/mol. The van der Waals surface area contributed by atoms with E-state index in [4.69, 9.17) is 0 Å². The fourth-order valence-corrected chi connectivity index (χ4v) is 3.39. The molecular weight excluding hydrogens is 472 g/mol. The lowest BCUT2D eigenvalue weighted by atomic mass is 9.93. The quantitative estimate of drug-likeness (QED) is 0.250. The van der Waals surface area contributed by atoms with E-state index < -0.39 is 36.2 Å². The van der Waals surface area contributed by atoms with Gasteiger partial charge < -0.3 is 4.74 Å². The third-order valence-electron chi connectivity index (χ3n) is 5.31. The summed E-state index contributed by atoms with van der Waals surface area (Å²) in [6, 6.07) is 14.1. The molecule has 0 saturated carbocycles. The highest BCUT2D eigenvalue weighted by Crippen LogP contribution is 2.33. The molecule has 1 aromatic heterocycles.